The van der Waals surface area contributed by atoms with E-state index >= 15 is 0 Å². The van der Waals surface area contributed by atoms with Crippen molar-refractivity contribution in [1.82, 2.24) is 0 Å². The van der Waals surface area contributed by atoms with Gasteiger partial charge in [0.15, 0.2) is 0 Å². The summed E-state index contributed by atoms with van der Waals surface area (Å²) in [6.07, 6.45) is 0.607. The summed E-state index contributed by atoms with van der Waals surface area (Å²) < 4.78 is 40.7. The molecule has 5 heteroatoms. The van der Waals surface area contributed by atoms with Gasteiger partial charge in [0, 0.05) is 29.3 Å². The molecule has 1 aliphatic carbocycles. The van der Waals surface area contributed by atoms with E-state index in [4.69, 9.17) is 0 Å². The molecule has 1 aromatic carbocycles. The largest absolute Gasteiger partial charge is 0.383 e. The minimum Gasteiger partial charge on any atom is -0.383 e. The van der Waals surface area contributed by atoms with Crippen molar-refractivity contribution < 1.29 is 13.2 Å². The van der Waals surface area contributed by atoms with Crippen molar-refractivity contribution in [1.29, 1.82) is 0 Å². The van der Waals surface area contributed by atoms with Crippen LogP contribution in [0.1, 0.15) is 31.2 Å². The molecular weight excluding hydrogens is 307 g/mol. The van der Waals surface area contributed by atoms with Gasteiger partial charge in [0.25, 0.3) is 0 Å². The summed E-state index contributed by atoms with van der Waals surface area (Å²) >= 11 is 3.32. The van der Waals surface area contributed by atoms with Crippen LogP contribution in [0.2, 0.25) is 0 Å². The van der Waals surface area contributed by atoms with Crippen LogP contribution in [0.3, 0.4) is 0 Å². The predicted molar refractivity (Wildman–Crippen MR) is 67.7 cm³/mol. The molecule has 1 N–H and O–H groups in total. The van der Waals surface area contributed by atoms with Crippen LogP contribution < -0.4 is 5.32 Å². The lowest BCUT2D eigenvalue weighted by atomic mass is 9.69. The molecule has 0 radical (unpaired) electrons. The van der Waals surface area contributed by atoms with Gasteiger partial charge in [-0.15, -0.1) is 0 Å². The second-order valence-corrected chi connectivity index (χ2v) is 6.15. The van der Waals surface area contributed by atoms with Crippen molar-refractivity contribution >= 4 is 21.6 Å². The second-order valence-electron chi connectivity index (χ2n) is 5.30. The van der Waals surface area contributed by atoms with Crippen LogP contribution in [-0.4, -0.2) is 12.5 Å². The number of hydrogen-bond donors (Lipinski definition) is 1. The van der Waals surface area contributed by atoms with Crippen molar-refractivity contribution in [3.8, 4) is 0 Å². The minimum absolute atomic E-state index is 0.109. The van der Waals surface area contributed by atoms with E-state index in [1.54, 1.807) is 0 Å². The Balaban J connectivity index is 2.00. The molecule has 0 aromatic heterocycles. The van der Waals surface area contributed by atoms with E-state index in [-0.39, 0.29) is 24.1 Å². The molecule has 0 amide bonds. The Bertz CT molecular complexity index is 491. The van der Waals surface area contributed by atoms with Gasteiger partial charge in [-0.05, 0) is 46.5 Å². The Labute approximate surface area is 112 Å². The van der Waals surface area contributed by atoms with Gasteiger partial charge >= 0.3 is 0 Å². The van der Waals surface area contributed by atoms with Crippen molar-refractivity contribution in [2.75, 3.05) is 11.9 Å². The zero-order valence-electron chi connectivity index (χ0n) is 9.70. The minimum atomic E-state index is -2.56. The van der Waals surface area contributed by atoms with Crippen LogP contribution in [-0.2, 0) is 5.41 Å². The van der Waals surface area contributed by atoms with Crippen LogP contribution in [0.25, 0.3) is 0 Å². The molecule has 1 aromatic rings. The molecule has 1 fully saturated rings. The SMILES string of the molecule is Fc1cc(Br)c2c(c1)C1(CCC(F)(F)CC1)CN2. The zero-order chi connectivity index (χ0) is 13.0. The molecule has 0 unspecified atom stereocenters. The summed E-state index contributed by atoms with van der Waals surface area (Å²) in [5.41, 5.74) is 1.40. The van der Waals surface area contributed by atoms with Gasteiger partial charge in [0.1, 0.15) is 5.82 Å². The van der Waals surface area contributed by atoms with Crippen LogP contribution in [0.5, 0.6) is 0 Å². The Kier molecular flexibility index (Phi) is 2.66. The zero-order valence-corrected chi connectivity index (χ0v) is 11.3. The Morgan fingerprint density at radius 1 is 1.11 bits per heavy atom. The highest BCUT2D eigenvalue weighted by atomic mass is 79.9. The summed E-state index contributed by atoms with van der Waals surface area (Å²) in [6, 6.07) is 2.89. The van der Waals surface area contributed by atoms with E-state index < -0.39 is 5.92 Å². The molecule has 1 aliphatic heterocycles. The van der Waals surface area contributed by atoms with Gasteiger partial charge in [0.05, 0.1) is 5.69 Å². The third-order valence-corrected chi connectivity index (χ3v) is 4.79. The highest BCUT2D eigenvalue weighted by molar-refractivity contribution is 9.10. The number of hydrogen-bond acceptors (Lipinski definition) is 1. The maximum Gasteiger partial charge on any atom is 0.248 e. The predicted octanol–water partition coefficient (Wildman–Crippen LogP) is 4.46. The number of benzene rings is 1. The number of fused-ring (bicyclic) bond motifs is 2. The molecule has 1 nitrogen and oxygen atoms in total. The van der Waals surface area contributed by atoms with Gasteiger partial charge < -0.3 is 5.32 Å². The topological polar surface area (TPSA) is 12.0 Å². The summed E-state index contributed by atoms with van der Waals surface area (Å²) in [4.78, 5) is 0. The van der Waals surface area contributed by atoms with E-state index in [0.717, 1.165) is 11.3 Å². The lowest BCUT2D eigenvalue weighted by Gasteiger charge is -2.37. The van der Waals surface area contributed by atoms with Gasteiger partial charge in [0.2, 0.25) is 5.92 Å². The number of rotatable bonds is 0. The summed E-state index contributed by atoms with van der Waals surface area (Å²) in [7, 11) is 0. The fraction of sp³-hybridized carbons (Fsp3) is 0.538. The monoisotopic (exact) mass is 319 g/mol. The van der Waals surface area contributed by atoms with E-state index in [0.29, 0.717) is 23.9 Å². The van der Waals surface area contributed by atoms with Crippen molar-refractivity contribution in [3.05, 3.63) is 28.0 Å². The molecule has 2 aliphatic rings. The average Bonchev–Trinajstić information content (AvgIpc) is 2.63. The quantitative estimate of drug-likeness (QED) is 0.744. The van der Waals surface area contributed by atoms with E-state index in [2.05, 4.69) is 21.2 Å². The summed E-state index contributed by atoms with van der Waals surface area (Å²) in [5.74, 6) is -2.88. The van der Waals surface area contributed by atoms with Gasteiger partial charge in [-0.3, -0.25) is 0 Å². The lowest BCUT2D eigenvalue weighted by molar-refractivity contribution is -0.0496. The Hall–Kier alpha value is -0.710. The number of halogens is 4. The molecule has 1 spiro atoms. The van der Waals surface area contributed by atoms with Gasteiger partial charge in [-0.25, -0.2) is 13.2 Å². The van der Waals surface area contributed by atoms with Crippen LogP contribution >= 0.6 is 15.9 Å². The summed E-state index contributed by atoms with van der Waals surface area (Å²) in [5, 5.41) is 3.23. The lowest BCUT2D eigenvalue weighted by Crippen LogP contribution is -2.38. The first kappa shape index (κ1) is 12.3. The van der Waals surface area contributed by atoms with Gasteiger partial charge in [-0.1, -0.05) is 0 Å². The van der Waals surface area contributed by atoms with Gasteiger partial charge in [-0.2, -0.15) is 0 Å². The highest BCUT2D eigenvalue weighted by Crippen LogP contribution is 2.51. The maximum atomic E-state index is 13.5. The first-order chi connectivity index (χ1) is 8.42. The average molecular weight is 320 g/mol. The molecule has 0 bridgehead atoms. The fourth-order valence-electron chi connectivity index (χ4n) is 3.06. The van der Waals surface area contributed by atoms with E-state index in [1.165, 1.54) is 12.1 Å². The number of alkyl halides is 2. The highest BCUT2D eigenvalue weighted by Gasteiger charge is 2.47. The fourth-order valence-corrected chi connectivity index (χ4v) is 3.64. The third kappa shape index (κ3) is 1.83. The molecule has 0 atom stereocenters. The summed E-state index contributed by atoms with van der Waals surface area (Å²) in [6.45, 7) is 0.625. The molecule has 3 rings (SSSR count). The molecule has 18 heavy (non-hydrogen) atoms. The van der Waals surface area contributed by atoms with Crippen LogP contribution in [0.15, 0.2) is 16.6 Å². The number of anilines is 1. The molecule has 1 heterocycles. The van der Waals surface area contributed by atoms with E-state index in [1.807, 2.05) is 0 Å². The Morgan fingerprint density at radius 2 is 1.78 bits per heavy atom. The van der Waals surface area contributed by atoms with Crippen LogP contribution in [0, 0.1) is 5.82 Å². The molecular formula is C13H13BrF3N. The van der Waals surface area contributed by atoms with Crippen molar-refractivity contribution in [2.45, 2.75) is 37.0 Å². The first-order valence-corrected chi connectivity index (χ1v) is 6.82. The molecule has 1 saturated carbocycles. The first-order valence-electron chi connectivity index (χ1n) is 6.03. The smallest absolute Gasteiger partial charge is 0.248 e. The number of nitrogens with one attached hydrogen (secondary N) is 1. The normalized spacial score (nSPS) is 23.8. The molecule has 0 saturated heterocycles. The van der Waals surface area contributed by atoms with Crippen molar-refractivity contribution in [3.63, 3.8) is 0 Å². The van der Waals surface area contributed by atoms with E-state index in [9.17, 15) is 13.2 Å². The standard InChI is InChI=1S/C13H13BrF3N/c14-10-6-8(15)5-9-11(10)18-7-12(9)1-3-13(16,17)4-2-12/h5-6,18H,1-4,7H2. The Morgan fingerprint density at radius 3 is 2.44 bits per heavy atom. The van der Waals surface area contributed by atoms with Crippen LogP contribution in [0.4, 0.5) is 18.9 Å². The molecule has 98 valence electrons. The van der Waals surface area contributed by atoms with Crippen molar-refractivity contribution in [2.24, 2.45) is 0 Å². The maximum absolute atomic E-state index is 13.5. The third-order valence-electron chi connectivity index (χ3n) is 4.17. The second kappa shape index (κ2) is 3.89.